The molecule has 0 radical (unpaired) electrons. The molecule has 1 rings (SSSR count). The molecular formula is C12H18N2O3. The van der Waals surface area contributed by atoms with Crippen LogP contribution in [-0.4, -0.2) is 11.5 Å². The fraction of sp³-hybridized carbons (Fsp3) is 0.500. The second-order valence-corrected chi connectivity index (χ2v) is 3.81. The summed E-state index contributed by atoms with van der Waals surface area (Å²) in [5.74, 6) is 0.647. The lowest BCUT2D eigenvalue weighted by Crippen LogP contribution is -2.04. The average molecular weight is 238 g/mol. The fourth-order valence-electron chi connectivity index (χ4n) is 1.51. The van der Waals surface area contributed by atoms with E-state index in [-0.39, 0.29) is 12.2 Å². The van der Waals surface area contributed by atoms with E-state index in [0.29, 0.717) is 17.9 Å². The van der Waals surface area contributed by atoms with Gasteiger partial charge in [-0.1, -0.05) is 19.8 Å². The van der Waals surface area contributed by atoms with Crippen LogP contribution in [0, 0.1) is 10.1 Å². The zero-order valence-electron chi connectivity index (χ0n) is 10.0. The molecule has 0 atom stereocenters. The number of nitrogens with zero attached hydrogens (tertiary/aromatic N) is 1. The molecule has 5 heteroatoms. The molecule has 0 aromatic heterocycles. The number of nitro groups is 1. The minimum atomic E-state index is -0.431. The van der Waals surface area contributed by atoms with Crippen molar-refractivity contribution in [3.8, 4) is 5.75 Å². The third-order valence-corrected chi connectivity index (χ3v) is 2.48. The summed E-state index contributed by atoms with van der Waals surface area (Å²) >= 11 is 0. The number of hydrogen-bond acceptors (Lipinski definition) is 4. The topological polar surface area (TPSA) is 78.4 Å². The Morgan fingerprint density at radius 1 is 1.41 bits per heavy atom. The molecule has 0 bridgehead atoms. The lowest BCUT2D eigenvalue weighted by molar-refractivity contribution is -0.384. The summed E-state index contributed by atoms with van der Waals surface area (Å²) in [4.78, 5) is 10.2. The minimum absolute atomic E-state index is 0.0476. The van der Waals surface area contributed by atoms with Gasteiger partial charge in [0.15, 0.2) is 0 Å². The molecule has 0 saturated carbocycles. The molecule has 1 aromatic rings. The van der Waals surface area contributed by atoms with Crippen LogP contribution in [0.5, 0.6) is 5.75 Å². The molecule has 2 N–H and O–H groups in total. The van der Waals surface area contributed by atoms with Crippen molar-refractivity contribution in [2.24, 2.45) is 5.73 Å². The predicted molar refractivity (Wildman–Crippen MR) is 66.0 cm³/mol. The van der Waals surface area contributed by atoms with Gasteiger partial charge in [-0.05, 0) is 12.5 Å². The van der Waals surface area contributed by atoms with Crippen molar-refractivity contribution in [1.29, 1.82) is 0 Å². The number of benzene rings is 1. The van der Waals surface area contributed by atoms with Crippen molar-refractivity contribution in [2.45, 2.75) is 32.7 Å². The van der Waals surface area contributed by atoms with E-state index in [1.54, 1.807) is 6.07 Å². The molecular weight excluding hydrogens is 220 g/mol. The van der Waals surface area contributed by atoms with E-state index in [1.165, 1.54) is 12.1 Å². The summed E-state index contributed by atoms with van der Waals surface area (Å²) in [7, 11) is 0. The van der Waals surface area contributed by atoms with Gasteiger partial charge in [0.2, 0.25) is 0 Å². The molecule has 17 heavy (non-hydrogen) atoms. The largest absolute Gasteiger partial charge is 0.493 e. The molecule has 0 unspecified atom stereocenters. The smallest absolute Gasteiger partial charge is 0.270 e. The van der Waals surface area contributed by atoms with E-state index >= 15 is 0 Å². The molecule has 0 aliphatic heterocycles. The number of nitro benzene ring substituents is 1. The maximum atomic E-state index is 10.6. The van der Waals surface area contributed by atoms with Gasteiger partial charge in [0.1, 0.15) is 5.75 Å². The monoisotopic (exact) mass is 238 g/mol. The minimum Gasteiger partial charge on any atom is -0.493 e. The van der Waals surface area contributed by atoms with Crippen LogP contribution in [0.1, 0.15) is 31.7 Å². The van der Waals surface area contributed by atoms with E-state index in [0.717, 1.165) is 19.3 Å². The molecule has 94 valence electrons. The summed E-state index contributed by atoms with van der Waals surface area (Å²) in [6.07, 6.45) is 3.23. The molecule has 0 heterocycles. The van der Waals surface area contributed by atoms with Crippen molar-refractivity contribution >= 4 is 5.69 Å². The van der Waals surface area contributed by atoms with Crippen LogP contribution in [0.25, 0.3) is 0 Å². The van der Waals surface area contributed by atoms with Crippen LogP contribution in [-0.2, 0) is 6.54 Å². The van der Waals surface area contributed by atoms with Gasteiger partial charge in [0, 0.05) is 24.2 Å². The summed E-state index contributed by atoms with van der Waals surface area (Å²) in [6, 6.07) is 4.52. The first kappa shape index (κ1) is 13.4. The van der Waals surface area contributed by atoms with Crippen LogP contribution < -0.4 is 10.5 Å². The summed E-state index contributed by atoms with van der Waals surface area (Å²) < 4.78 is 5.56. The highest BCUT2D eigenvalue weighted by atomic mass is 16.6. The van der Waals surface area contributed by atoms with E-state index < -0.39 is 4.92 Å². The standard InChI is InChI=1S/C12H18N2O3/c1-2-3-4-7-17-12-6-5-11(14(15)16)8-10(12)9-13/h5-6,8H,2-4,7,9,13H2,1H3. The Balaban J connectivity index is 2.68. The number of ether oxygens (including phenoxy) is 1. The summed E-state index contributed by atoms with van der Waals surface area (Å²) in [5, 5.41) is 10.6. The number of hydrogen-bond donors (Lipinski definition) is 1. The molecule has 0 spiro atoms. The number of rotatable bonds is 7. The summed E-state index contributed by atoms with van der Waals surface area (Å²) in [5.41, 5.74) is 6.27. The van der Waals surface area contributed by atoms with Crippen LogP contribution in [0.3, 0.4) is 0 Å². The van der Waals surface area contributed by atoms with Gasteiger partial charge in [-0.2, -0.15) is 0 Å². The van der Waals surface area contributed by atoms with Crippen molar-refractivity contribution in [3.63, 3.8) is 0 Å². The Kier molecular flexibility index (Phi) is 5.42. The van der Waals surface area contributed by atoms with Gasteiger partial charge < -0.3 is 10.5 Å². The third-order valence-electron chi connectivity index (χ3n) is 2.48. The highest BCUT2D eigenvalue weighted by molar-refractivity contribution is 5.43. The van der Waals surface area contributed by atoms with Crippen LogP contribution in [0.2, 0.25) is 0 Å². The maximum absolute atomic E-state index is 10.6. The van der Waals surface area contributed by atoms with Crippen LogP contribution in [0.4, 0.5) is 5.69 Å². The molecule has 0 amide bonds. The Labute approximate surface area is 101 Å². The third kappa shape index (κ3) is 4.03. The molecule has 0 aliphatic carbocycles. The molecule has 5 nitrogen and oxygen atoms in total. The first-order valence-corrected chi connectivity index (χ1v) is 5.79. The maximum Gasteiger partial charge on any atom is 0.270 e. The van der Waals surface area contributed by atoms with Crippen molar-refractivity contribution in [3.05, 3.63) is 33.9 Å². The lowest BCUT2D eigenvalue weighted by Gasteiger charge is -2.09. The van der Waals surface area contributed by atoms with Crippen molar-refractivity contribution in [1.82, 2.24) is 0 Å². The van der Waals surface area contributed by atoms with E-state index in [9.17, 15) is 10.1 Å². The van der Waals surface area contributed by atoms with Crippen molar-refractivity contribution in [2.75, 3.05) is 6.61 Å². The van der Waals surface area contributed by atoms with E-state index in [1.807, 2.05) is 0 Å². The highest BCUT2D eigenvalue weighted by Crippen LogP contribution is 2.24. The van der Waals surface area contributed by atoms with Crippen LogP contribution >= 0.6 is 0 Å². The Morgan fingerprint density at radius 3 is 2.76 bits per heavy atom. The van der Waals surface area contributed by atoms with Gasteiger partial charge in [-0.15, -0.1) is 0 Å². The molecule has 1 aromatic carbocycles. The molecule has 0 saturated heterocycles. The number of nitrogens with two attached hydrogens (primary N) is 1. The fourth-order valence-corrected chi connectivity index (χ4v) is 1.51. The predicted octanol–water partition coefficient (Wildman–Crippen LogP) is 2.62. The normalized spacial score (nSPS) is 10.2. The highest BCUT2D eigenvalue weighted by Gasteiger charge is 2.10. The second-order valence-electron chi connectivity index (χ2n) is 3.81. The van der Waals surface area contributed by atoms with Gasteiger partial charge in [0.05, 0.1) is 11.5 Å². The number of unbranched alkanes of at least 4 members (excludes halogenated alkanes) is 2. The number of non-ortho nitro benzene ring substituents is 1. The SMILES string of the molecule is CCCCCOc1ccc([N+](=O)[O-])cc1CN. The van der Waals surface area contributed by atoms with E-state index in [2.05, 4.69) is 6.92 Å². The zero-order valence-corrected chi connectivity index (χ0v) is 10.0. The van der Waals surface area contributed by atoms with Gasteiger partial charge in [0.25, 0.3) is 5.69 Å². The molecule has 0 fully saturated rings. The first-order valence-electron chi connectivity index (χ1n) is 5.79. The van der Waals surface area contributed by atoms with Crippen LogP contribution in [0.15, 0.2) is 18.2 Å². The zero-order chi connectivity index (χ0) is 12.7. The second kappa shape index (κ2) is 6.85. The molecule has 0 aliphatic rings. The van der Waals surface area contributed by atoms with Crippen molar-refractivity contribution < 1.29 is 9.66 Å². The van der Waals surface area contributed by atoms with Gasteiger partial charge >= 0.3 is 0 Å². The Hall–Kier alpha value is -1.62. The van der Waals surface area contributed by atoms with E-state index in [4.69, 9.17) is 10.5 Å². The van der Waals surface area contributed by atoms with Gasteiger partial charge in [-0.25, -0.2) is 0 Å². The first-order chi connectivity index (χ1) is 8.19. The lowest BCUT2D eigenvalue weighted by atomic mass is 10.2. The Morgan fingerprint density at radius 2 is 2.18 bits per heavy atom. The van der Waals surface area contributed by atoms with Gasteiger partial charge in [-0.3, -0.25) is 10.1 Å². The summed E-state index contributed by atoms with van der Waals surface area (Å²) in [6.45, 7) is 2.99. The average Bonchev–Trinajstić information content (AvgIpc) is 2.34. The Bertz CT molecular complexity index is 380. The quantitative estimate of drug-likeness (QED) is 0.450.